The molecule has 0 aromatic heterocycles. The predicted molar refractivity (Wildman–Crippen MR) is 78.8 cm³/mol. The van der Waals surface area contributed by atoms with Gasteiger partial charge in [0.25, 0.3) is 10.2 Å². The van der Waals surface area contributed by atoms with Crippen LogP contribution >= 0.6 is 0 Å². The molecule has 0 radical (unpaired) electrons. The third-order valence-electron chi connectivity index (χ3n) is 3.64. The van der Waals surface area contributed by atoms with Crippen LogP contribution in [0.3, 0.4) is 0 Å². The van der Waals surface area contributed by atoms with Crippen LogP contribution in [0.25, 0.3) is 0 Å². The van der Waals surface area contributed by atoms with Crippen LogP contribution in [0.5, 0.6) is 0 Å². The molecular weight excluding hydrogens is 296 g/mol. The molecule has 0 unspecified atom stereocenters. The molecule has 0 bridgehead atoms. The molecule has 0 spiro atoms. The third kappa shape index (κ3) is 4.91. The van der Waals surface area contributed by atoms with Gasteiger partial charge in [-0.05, 0) is 26.2 Å². The largest absolute Gasteiger partial charge is 0.466 e. The Morgan fingerprint density at radius 3 is 2.43 bits per heavy atom. The number of esters is 1. The second-order valence-corrected chi connectivity index (χ2v) is 6.93. The lowest BCUT2D eigenvalue weighted by molar-refractivity contribution is -0.149. The molecule has 1 saturated heterocycles. The number of rotatable bonds is 8. The molecule has 1 N–H and O–H groups in total. The number of hydrogen-bond acceptors (Lipinski definition) is 5. The van der Waals surface area contributed by atoms with Crippen molar-refractivity contribution >= 4 is 16.2 Å². The van der Waals surface area contributed by atoms with Crippen molar-refractivity contribution in [2.75, 3.05) is 39.4 Å². The van der Waals surface area contributed by atoms with Gasteiger partial charge >= 0.3 is 5.97 Å². The van der Waals surface area contributed by atoms with Crippen molar-refractivity contribution in [3.05, 3.63) is 0 Å². The average molecular weight is 322 g/mol. The third-order valence-corrected chi connectivity index (χ3v) is 5.76. The molecule has 124 valence electrons. The molecular formula is C13H26N2O5S. The molecule has 0 amide bonds. The first kappa shape index (κ1) is 18.3. The van der Waals surface area contributed by atoms with Crippen LogP contribution in [0.1, 0.15) is 33.1 Å². The van der Waals surface area contributed by atoms with Crippen molar-refractivity contribution < 1.29 is 23.1 Å². The number of piperidine rings is 1. The van der Waals surface area contributed by atoms with E-state index in [1.165, 1.54) is 8.61 Å². The number of aliphatic hydroxyl groups is 1. The van der Waals surface area contributed by atoms with Gasteiger partial charge in [-0.1, -0.05) is 6.92 Å². The van der Waals surface area contributed by atoms with Gasteiger partial charge in [0.15, 0.2) is 0 Å². The van der Waals surface area contributed by atoms with Gasteiger partial charge in [0, 0.05) is 32.8 Å². The highest BCUT2D eigenvalue weighted by atomic mass is 32.2. The minimum absolute atomic E-state index is 0.0308. The van der Waals surface area contributed by atoms with Crippen molar-refractivity contribution in [3.8, 4) is 0 Å². The standard InChI is InChI=1S/C13H26N2O5S/c1-3-14(8-5-11-16)21(18,19)15-9-6-12(7-10-15)13(17)20-4-2/h12,16H,3-11H2,1-2H3. The molecule has 0 aromatic carbocycles. The normalized spacial score (nSPS) is 18.1. The number of nitrogens with zero attached hydrogens (tertiary/aromatic N) is 2. The Hall–Kier alpha value is -0.700. The highest BCUT2D eigenvalue weighted by molar-refractivity contribution is 7.86. The molecule has 8 heteroatoms. The zero-order valence-electron chi connectivity index (χ0n) is 12.8. The summed E-state index contributed by atoms with van der Waals surface area (Å²) in [5, 5.41) is 8.85. The van der Waals surface area contributed by atoms with Gasteiger partial charge in [-0.2, -0.15) is 17.0 Å². The maximum absolute atomic E-state index is 12.5. The number of carbonyl (C=O) groups is 1. The molecule has 1 aliphatic rings. The summed E-state index contributed by atoms with van der Waals surface area (Å²) in [6.07, 6.45) is 1.41. The predicted octanol–water partition coefficient (Wildman–Crippen LogP) is 0.211. The summed E-state index contributed by atoms with van der Waals surface area (Å²) in [7, 11) is -3.50. The van der Waals surface area contributed by atoms with Crippen LogP contribution in [0.4, 0.5) is 0 Å². The van der Waals surface area contributed by atoms with Crippen LogP contribution in [0.2, 0.25) is 0 Å². The zero-order valence-corrected chi connectivity index (χ0v) is 13.6. The van der Waals surface area contributed by atoms with Crippen LogP contribution in [0, 0.1) is 5.92 Å². The fourth-order valence-electron chi connectivity index (χ4n) is 2.43. The molecule has 1 aliphatic heterocycles. The van der Waals surface area contributed by atoms with Crippen LogP contribution in [0.15, 0.2) is 0 Å². The quantitative estimate of drug-likeness (QED) is 0.646. The number of carbonyl (C=O) groups excluding carboxylic acids is 1. The number of aliphatic hydroxyl groups excluding tert-OH is 1. The van der Waals surface area contributed by atoms with Gasteiger partial charge in [-0.3, -0.25) is 4.79 Å². The first-order chi connectivity index (χ1) is 9.97. The highest BCUT2D eigenvalue weighted by Gasteiger charge is 2.34. The SMILES string of the molecule is CCOC(=O)C1CCN(S(=O)(=O)N(CC)CCCO)CC1. The van der Waals surface area contributed by atoms with Crippen molar-refractivity contribution in [2.24, 2.45) is 5.92 Å². The lowest BCUT2D eigenvalue weighted by Crippen LogP contribution is -2.48. The van der Waals surface area contributed by atoms with Crippen molar-refractivity contribution in [2.45, 2.75) is 33.1 Å². The Morgan fingerprint density at radius 2 is 1.95 bits per heavy atom. The minimum atomic E-state index is -3.50. The number of hydrogen-bond donors (Lipinski definition) is 1. The minimum Gasteiger partial charge on any atom is -0.466 e. The molecule has 1 heterocycles. The molecule has 1 rings (SSSR count). The van der Waals surface area contributed by atoms with E-state index in [2.05, 4.69) is 0 Å². The molecule has 0 aromatic rings. The van der Waals surface area contributed by atoms with Gasteiger partial charge in [0.1, 0.15) is 0 Å². The van der Waals surface area contributed by atoms with Gasteiger partial charge in [0.05, 0.1) is 12.5 Å². The molecule has 7 nitrogen and oxygen atoms in total. The van der Waals surface area contributed by atoms with E-state index in [4.69, 9.17) is 9.84 Å². The van der Waals surface area contributed by atoms with E-state index < -0.39 is 10.2 Å². The molecule has 1 fully saturated rings. The average Bonchev–Trinajstić information content (AvgIpc) is 2.48. The molecule has 0 aliphatic carbocycles. The molecule has 21 heavy (non-hydrogen) atoms. The Bertz CT molecular complexity index is 418. The topological polar surface area (TPSA) is 87.2 Å². The van der Waals surface area contributed by atoms with Crippen molar-refractivity contribution in [1.82, 2.24) is 8.61 Å². The fourth-order valence-corrected chi connectivity index (χ4v) is 4.11. The van der Waals surface area contributed by atoms with Crippen molar-refractivity contribution in [1.29, 1.82) is 0 Å². The Kier molecular flexibility index (Phi) is 7.58. The summed E-state index contributed by atoms with van der Waals surface area (Å²) in [6.45, 7) is 5.22. The van der Waals surface area contributed by atoms with E-state index >= 15 is 0 Å². The number of ether oxygens (including phenoxy) is 1. The van der Waals surface area contributed by atoms with Crippen LogP contribution < -0.4 is 0 Å². The second kappa shape index (κ2) is 8.67. The maximum atomic E-state index is 12.5. The second-order valence-electron chi connectivity index (χ2n) is 5.00. The first-order valence-electron chi connectivity index (χ1n) is 7.50. The van der Waals surface area contributed by atoms with Gasteiger partial charge in [0.2, 0.25) is 0 Å². The van der Waals surface area contributed by atoms with Gasteiger partial charge in [-0.15, -0.1) is 0 Å². The fraction of sp³-hybridized carbons (Fsp3) is 0.923. The summed E-state index contributed by atoms with van der Waals surface area (Å²) >= 11 is 0. The molecule has 0 atom stereocenters. The molecule has 0 saturated carbocycles. The first-order valence-corrected chi connectivity index (χ1v) is 8.89. The van der Waals surface area contributed by atoms with Crippen LogP contribution in [-0.4, -0.2) is 67.5 Å². The lowest BCUT2D eigenvalue weighted by Gasteiger charge is -2.33. The van der Waals surface area contributed by atoms with E-state index in [1.54, 1.807) is 13.8 Å². The Balaban J connectivity index is 2.60. The van der Waals surface area contributed by atoms with E-state index in [-0.39, 0.29) is 18.5 Å². The van der Waals surface area contributed by atoms with Crippen LogP contribution in [-0.2, 0) is 19.7 Å². The summed E-state index contributed by atoms with van der Waals surface area (Å²) in [5.74, 6) is -0.439. The highest BCUT2D eigenvalue weighted by Crippen LogP contribution is 2.22. The Morgan fingerprint density at radius 1 is 1.33 bits per heavy atom. The summed E-state index contributed by atoms with van der Waals surface area (Å²) in [5.41, 5.74) is 0. The summed E-state index contributed by atoms with van der Waals surface area (Å²) in [4.78, 5) is 11.7. The van der Waals surface area contributed by atoms with Gasteiger partial charge in [-0.25, -0.2) is 0 Å². The summed E-state index contributed by atoms with van der Waals surface area (Å²) < 4.78 is 32.7. The van der Waals surface area contributed by atoms with E-state index in [1.807, 2.05) is 0 Å². The van der Waals surface area contributed by atoms with Gasteiger partial charge < -0.3 is 9.84 Å². The van der Waals surface area contributed by atoms with E-state index in [0.29, 0.717) is 52.0 Å². The van der Waals surface area contributed by atoms with E-state index in [0.717, 1.165) is 0 Å². The smallest absolute Gasteiger partial charge is 0.309 e. The van der Waals surface area contributed by atoms with Crippen molar-refractivity contribution in [3.63, 3.8) is 0 Å². The summed E-state index contributed by atoms with van der Waals surface area (Å²) in [6, 6.07) is 0. The zero-order chi connectivity index (χ0) is 15.9. The maximum Gasteiger partial charge on any atom is 0.309 e. The van der Waals surface area contributed by atoms with E-state index in [9.17, 15) is 13.2 Å². The lowest BCUT2D eigenvalue weighted by atomic mass is 9.98. The Labute approximate surface area is 127 Å². The monoisotopic (exact) mass is 322 g/mol.